The summed E-state index contributed by atoms with van der Waals surface area (Å²) in [5.74, 6) is 0.957. The minimum atomic E-state index is -0.584. The maximum Gasteiger partial charge on any atom is 0.243 e. The van der Waals surface area contributed by atoms with Crippen molar-refractivity contribution >= 4 is 23.6 Å². The van der Waals surface area contributed by atoms with E-state index in [1.165, 1.54) is 11.1 Å². The van der Waals surface area contributed by atoms with Gasteiger partial charge in [0.1, 0.15) is 6.04 Å². The molecule has 1 N–H and O–H groups in total. The molecule has 0 unspecified atom stereocenters. The highest BCUT2D eigenvalue weighted by molar-refractivity contribution is 7.99. The fourth-order valence-corrected chi connectivity index (χ4v) is 4.67. The molecular weight excluding hydrogens is 452 g/mol. The van der Waals surface area contributed by atoms with Gasteiger partial charge in [-0.15, -0.1) is 11.8 Å². The molecule has 3 rings (SSSR count). The SMILES string of the molecule is CC[C@@H](C)NC(=O)[C@H](Cc1ccccc1)N(Cc1ccccc1)C(=O)CSCc1ccc(C)cc1. The zero-order valence-electron chi connectivity index (χ0n) is 20.9. The highest BCUT2D eigenvalue weighted by Crippen LogP contribution is 2.19. The molecule has 0 bridgehead atoms. The van der Waals surface area contributed by atoms with E-state index in [2.05, 4.69) is 36.5 Å². The van der Waals surface area contributed by atoms with Crippen molar-refractivity contribution in [1.29, 1.82) is 0 Å². The number of hydrogen-bond donors (Lipinski definition) is 1. The molecule has 3 aromatic rings. The first kappa shape index (κ1) is 26.6. The van der Waals surface area contributed by atoms with Gasteiger partial charge in [0.2, 0.25) is 11.8 Å². The van der Waals surface area contributed by atoms with Crippen LogP contribution in [0.1, 0.15) is 42.5 Å². The lowest BCUT2D eigenvalue weighted by Crippen LogP contribution is -2.52. The van der Waals surface area contributed by atoms with E-state index in [0.717, 1.165) is 23.3 Å². The van der Waals surface area contributed by atoms with E-state index in [-0.39, 0.29) is 17.9 Å². The van der Waals surface area contributed by atoms with Crippen LogP contribution in [0.4, 0.5) is 0 Å². The van der Waals surface area contributed by atoms with Crippen LogP contribution in [0.15, 0.2) is 84.9 Å². The zero-order valence-corrected chi connectivity index (χ0v) is 21.8. The Labute approximate surface area is 214 Å². The smallest absolute Gasteiger partial charge is 0.243 e. The molecule has 0 aliphatic heterocycles. The Morgan fingerprint density at radius 1 is 0.857 bits per heavy atom. The molecule has 0 heterocycles. The minimum absolute atomic E-state index is 0.0220. The van der Waals surface area contributed by atoms with Gasteiger partial charge in [0.15, 0.2) is 0 Å². The highest BCUT2D eigenvalue weighted by Gasteiger charge is 2.30. The van der Waals surface area contributed by atoms with Crippen LogP contribution in [0.2, 0.25) is 0 Å². The van der Waals surface area contributed by atoms with Crippen LogP contribution in [0.3, 0.4) is 0 Å². The Hall–Kier alpha value is -3.05. The van der Waals surface area contributed by atoms with Crippen LogP contribution in [0.5, 0.6) is 0 Å². The molecular formula is C30H36N2O2S. The number of amides is 2. The number of nitrogens with one attached hydrogen (secondary N) is 1. The molecule has 0 saturated heterocycles. The molecule has 2 amide bonds. The van der Waals surface area contributed by atoms with E-state index >= 15 is 0 Å². The number of hydrogen-bond acceptors (Lipinski definition) is 3. The summed E-state index contributed by atoms with van der Waals surface area (Å²) in [6.07, 6.45) is 1.31. The maximum atomic E-state index is 13.6. The molecule has 0 saturated carbocycles. The third-order valence-corrected chi connectivity index (χ3v) is 7.07. The monoisotopic (exact) mass is 488 g/mol. The standard InChI is InChI=1S/C30H36N2O2S/c1-4-24(3)31-30(34)28(19-25-11-7-5-8-12-25)32(20-26-13-9-6-10-14-26)29(33)22-35-21-27-17-15-23(2)16-18-27/h5-18,24,28H,4,19-22H2,1-3H3,(H,31,34)/t24-,28+/m1/s1. The number of benzene rings is 3. The van der Waals surface area contributed by atoms with Gasteiger partial charge in [-0.05, 0) is 37.0 Å². The molecule has 184 valence electrons. The third kappa shape index (κ3) is 8.59. The summed E-state index contributed by atoms with van der Waals surface area (Å²) in [6, 6.07) is 27.7. The van der Waals surface area contributed by atoms with Crippen molar-refractivity contribution in [2.45, 2.75) is 58.0 Å². The molecule has 2 atom stereocenters. The van der Waals surface area contributed by atoms with Crippen molar-refractivity contribution in [2.24, 2.45) is 0 Å². The summed E-state index contributed by atoms with van der Waals surface area (Å²) in [5, 5.41) is 3.12. The van der Waals surface area contributed by atoms with Crippen LogP contribution < -0.4 is 5.32 Å². The lowest BCUT2D eigenvalue weighted by Gasteiger charge is -2.32. The molecule has 0 spiro atoms. The number of nitrogens with zero attached hydrogens (tertiary/aromatic N) is 1. The Balaban J connectivity index is 1.82. The second-order valence-corrected chi connectivity index (χ2v) is 9.99. The van der Waals surface area contributed by atoms with E-state index < -0.39 is 6.04 Å². The fourth-order valence-electron chi connectivity index (χ4n) is 3.80. The molecule has 3 aromatic carbocycles. The Bertz CT molecular complexity index is 1050. The number of carbonyl (C=O) groups is 2. The normalized spacial score (nSPS) is 12.5. The molecule has 35 heavy (non-hydrogen) atoms. The molecule has 4 nitrogen and oxygen atoms in total. The summed E-state index contributed by atoms with van der Waals surface area (Å²) in [5.41, 5.74) is 4.46. The summed E-state index contributed by atoms with van der Waals surface area (Å²) in [6.45, 7) is 6.51. The van der Waals surface area contributed by atoms with Gasteiger partial charge < -0.3 is 10.2 Å². The molecule has 5 heteroatoms. The van der Waals surface area contributed by atoms with Crippen molar-refractivity contribution < 1.29 is 9.59 Å². The zero-order chi connectivity index (χ0) is 25.0. The van der Waals surface area contributed by atoms with Crippen molar-refractivity contribution in [2.75, 3.05) is 5.75 Å². The van der Waals surface area contributed by atoms with Crippen molar-refractivity contribution in [3.63, 3.8) is 0 Å². The van der Waals surface area contributed by atoms with Crippen LogP contribution in [-0.4, -0.2) is 34.6 Å². The highest BCUT2D eigenvalue weighted by atomic mass is 32.2. The number of rotatable bonds is 12. The first-order valence-electron chi connectivity index (χ1n) is 12.3. The first-order valence-corrected chi connectivity index (χ1v) is 13.4. The topological polar surface area (TPSA) is 49.4 Å². The third-order valence-electron chi connectivity index (χ3n) is 6.08. The van der Waals surface area contributed by atoms with E-state index in [9.17, 15) is 9.59 Å². The first-order chi connectivity index (χ1) is 17.0. The molecule has 0 aromatic heterocycles. The van der Waals surface area contributed by atoms with Crippen LogP contribution >= 0.6 is 11.8 Å². The van der Waals surface area contributed by atoms with E-state index in [0.29, 0.717) is 18.7 Å². The van der Waals surface area contributed by atoms with Gasteiger partial charge in [0.05, 0.1) is 5.75 Å². The van der Waals surface area contributed by atoms with E-state index in [1.807, 2.05) is 74.5 Å². The van der Waals surface area contributed by atoms with Crippen LogP contribution in [0.25, 0.3) is 0 Å². The second-order valence-electron chi connectivity index (χ2n) is 9.01. The average Bonchev–Trinajstić information content (AvgIpc) is 2.88. The number of aryl methyl sites for hydroxylation is 1. The van der Waals surface area contributed by atoms with Gasteiger partial charge in [0, 0.05) is 24.8 Å². The van der Waals surface area contributed by atoms with Gasteiger partial charge in [-0.1, -0.05) is 97.4 Å². The predicted molar refractivity (Wildman–Crippen MR) is 146 cm³/mol. The molecule has 0 radical (unpaired) electrons. The number of thioether (sulfide) groups is 1. The summed E-state index contributed by atoms with van der Waals surface area (Å²) in [7, 11) is 0. The largest absolute Gasteiger partial charge is 0.352 e. The fraction of sp³-hybridized carbons (Fsp3) is 0.333. The Morgan fingerprint density at radius 3 is 2.06 bits per heavy atom. The van der Waals surface area contributed by atoms with E-state index in [4.69, 9.17) is 0 Å². The van der Waals surface area contributed by atoms with Crippen molar-refractivity contribution in [3.05, 3.63) is 107 Å². The quantitative estimate of drug-likeness (QED) is 0.351. The van der Waals surface area contributed by atoms with Gasteiger partial charge in [-0.2, -0.15) is 0 Å². The van der Waals surface area contributed by atoms with Crippen molar-refractivity contribution in [3.8, 4) is 0 Å². The van der Waals surface area contributed by atoms with Gasteiger partial charge in [0.25, 0.3) is 0 Å². The Morgan fingerprint density at radius 2 is 1.46 bits per heavy atom. The Kier molecular flexibility index (Phi) is 10.4. The van der Waals surface area contributed by atoms with Crippen LogP contribution in [-0.2, 0) is 28.3 Å². The number of carbonyl (C=O) groups excluding carboxylic acids is 2. The lowest BCUT2D eigenvalue weighted by molar-refractivity contribution is -0.139. The van der Waals surface area contributed by atoms with Crippen molar-refractivity contribution in [1.82, 2.24) is 10.2 Å². The predicted octanol–water partition coefficient (Wildman–Crippen LogP) is 5.78. The summed E-state index contributed by atoms with van der Waals surface area (Å²) in [4.78, 5) is 28.8. The summed E-state index contributed by atoms with van der Waals surface area (Å²) < 4.78 is 0. The lowest BCUT2D eigenvalue weighted by atomic mass is 10.0. The minimum Gasteiger partial charge on any atom is -0.352 e. The molecule has 0 aliphatic carbocycles. The van der Waals surface area contributed by atoms with E-state index in [1.54, 1.807) is 16.7 Å². The van der Waals surface area contributed by atoms with Gasteiger partial charge in [-0.25, -0.2) is 0 Å². The average molecular weight is 489 g/mol. The van der Waals surface area contributed by atoms with Gasteiger partial charge >= 0.3 is 0 Å². The van der Waals surface area contributed by atoms with Crippen LogP contribution in [0, 0.1) is 6.92 Å². The maximum absolute atomic E-state index is 13.6. The summed E-state index contributed by atoms with van der Waals surface area (Å²) >= 11 is 1.59. The molecule has 0 fully saturated rings. The van der Waals surface area contributed by atoms with Gasteiger partial charge in [-0.3, -0.25) is 9.59 Å². The molecule has 0 aliphatic rings. The second kappa shape index (κ2) is 13.7.